The molecule has 0 amide bonds. The Hall–Kier alpha value is -0.900. The van der Waals surface area contributed by atoms with Crippen molar-refractivity contribution in [3.63, 3.8) is 0 Å². The van der Waals surface area contributed by atoms with Crippen molar-refractivity contribution in [2.24, 2.45) is 0 Å². The zero-order valence-corrected chi connectivity index (χ0v) is 11.7. The number of ether oxygens (including phenoxy) is 1. The number of nitrogens with one attached hydrogen (secondary N) is 1. The van der Waals surface area contributed by atoms with Gasteiger partial charge in [-0.3, -0.25) is 0 Å². The Morgan fingerprint density at radius 2 is 2.00 bits per heavy atom. The van der Waals surface area contributed by atoms with Gasteiger partial charge in [0.2, 0.25) is 0 Å². The molecule has 106 valence electrons. The van der Waals surface area contributed by atoms with Gasteiger partial charge < -0.3 is 15.2 Å². The highest BCUT2D eigenvalue weighted by molar-refractivity contribution is 5.16. The van der Waals surface area contributed by atoms with E-state index in [9.17, 15) is 5.11 Å². The van der Waals surface area contributed by atoms with E-state index in [1.54, 1.807) is 7.11 Å². The van der Waals surface area contributed by atoms with E-state index in [0.29, 0.717) is 12.1 Å². The van der Waals surface area contributed by atoms with Crippen molar-refractivity contribution in [2.45, 2.75) is 50.3 Å². The van der Waals surface area contributed by atoms with Crippen LogP contribution in [0.5, 0.6) is 0 Å². The number of aliphatic hydroxyl groups is 1. The quantitative estimate of drug-likeness (QED) is 0.826. The van der Waals surface area contributed by atoms with Gasteiger partial charge in [-0.2, -0.15) is 0 Å². The monoisotopic (exact) mass is 263 g/mol. The maximum atomic E-state index is 9.57. The van der Waals surface area contributed by atoms with E-state index >= 15 is 0 Å². The Labute approximate surface area is 116 Å². The molecule has 3 nitrogen and oxygen atoms in total. The first-order valence-electron chi connectivity index (χ1n) is 7.27. The average molecular weight is 263 g/mol. The normalized spacial score (nSPS) is 25.2. The number of rotatable bonds is 6. The van der Waals surface area contributed by atoms with Crippen molar-refractivity contribution in [3.8, 4) is 0 Å². The molecule has 0 radical (unpaired) electrons. The topological polar surface area (TPSA) is 41.5 Å². The molecule has 3 atom stereocenters. The van der Waals surface area contributed by atoms with Crippen LogP contribution in [0.2, 0.25) is 0 Å². The molecule has 1 saturated carbocycles. The molecule has 0 bridgehead atoms. The second-order valence-corrected chi connectivity index (χ2v) is 5.40. The third kappa shape index (κ3) is 4.30. The number of hydrogen-bond donors (Lipinski definition) is 2. The van der Waals surface area contributed by atoms with Crippen LogP contribution in [-0.4, -0.2) is 37.0 Å². The van der Waals surface area contributed by atoms with Gasteiger partial charge in [-0.25, -0.2) is 0 Å². The highest BCUT2D eigenvalue weighted by Crippen LogP contribution is 2.21. The molecule has 1 aromatic rings. The summed E-state index contributed by atoms with van der Waals surface area (Å²) in [6.45, 7) is 0.168. The van der Waals surface area contributed by atoms with Gasteiger partial charge in [-0.05, 0) is 24.8 Å². The fourth-order valence-electron chi connectivity index (χ4n) is 2.95. The highest BCUT2D eigenvalue weighted by atomic mass is 16.5. The van der Waals surface area contributed by atoms with Crippen LogP contribution in [0.4, 0.5) is 0 Å². The van der Waals surface area contributed by atoms with Crippen molar-refractivity contribution >= 4 is 0 Å². The molecule has 0 aromatic heterocycles. The van der Waals surface area contributed by atoms with Gasteiger partial charge >= 0.3 is 0 Å². The molecule has 0 heterocycles. The fraction of sp³-hybridized carbons (Fsp3) is 0.625. The average Bonchev–Trinajstić information content (AvgIpc) is 2.48. The number of benzene rings is 1. The Kier molecular flexibility index (Phi) is 5.83. The summed E-state index contributed by atoms with van der Waals surface area (Å²) in [7, 11) is 1.79. The Morgan fingerprint density at radius 3 is 2.68 bits per heavy atom. The molecular formula is C16H25NO2. The maximum Gasteiger partial charge on any atom is 0.0724 e. The van der Waals surface area contributed by atoms with Crippen LogP contribution in [0.3, 0.4) is 0 Å². The van der Waals surface area contributed by atoms with Crippen LogP contribution in [0, 0.1) is 0 Å². The van der Waals surface area contributed by atoms with E-state index in [2.05, 4.69) is 17.4 Å². The molecule has 1 aromatic carbocycles. The first-order chi connectivity index (χ1) is 9.33. The molecule has 1 aliphatic rings. The molecule has 19 heavy (non-hydrogen) atoms. The lowest BCUT2D eigenvalue weighted by molar-refractivity contribution is 0.0344. The molecule has 0 aliphatic heterocycles. The number of hydrogen-bond acceptors (Lipinski definition) is 3. The van der Waals surface area contributed by atoms with Gasteiger partial charge in [0, 0.05) is 19.2 Å². The number of aliphatic hydroxyl groups excluding tert-OH is 1. The van der Waals surface area contributed by atoms with E-state index in [1.807, 2.05) is 18.2 Å². The zero-order valence-electron chi connectivity index (χ0n) is 11.7. The van der Waals surface area contributed by atoms with E-state index in [4.69, 9.17) is 4.74 Å². The summed E-state index contributed by atoms with van der Waals surface area (Å²) in [5.41, 5.74) is 1.26. The van der Waals surface area contributed by atoms with Crippen molar-refractivity contribution in [1.29, 1.82) is 0 Å². The Balaban J connectivity index is 1.90. The predicted octanol–water partition coefficient (Wildman–Crippen LogP) is 2.14. The van der Waals surface area contributed by atoms with Gasteiger partial charge in [0.25, 0.3) is 0 Å². The molecule has 1 fully saturated rings. The first kappa shape index (κ1) is 14.5. The minimum absolute atomic E-state index is 0.114. The SMILES string of the molecule is COC1CCCCC1N[C@H](CO)Cc1ccccc1. The lowest BCUT2D eigenvalue weighted by Gasteiger charge is -2.34. The number of methoxy groups -OCH3 is 1. The highest BCUT2D eigenvalue weighted by Gasteiger charge is 2.26. The summed E-state index contributed by atoms with van der Waals surface area (Å²) in [5.74, 6) is 0. The molecular weight excluding hydrogens is 238 g/mol. The summed E-state index contributed by atoms with van der Waals surface area (Å²) in [6, 6.07) is 10.8. The smallest absolute Gasteiger partial charge is 0.0724 e. The second-order valence-electron chi connectivity index (χ2n) is 5.40. The first-order valence-corrected chi connectivity index (χ1v) is 7.27. The predicted molar refractivity (Wildman–Crippen MR) is 77.2 cm³/mol. The second kappa shape index (κ2) is 7.63. The molecule has 0 spiro atoms. The summed E-state index contributed by atoms with van der Waals surface area (Å²) < 4.78 is 5.56. The van der Waals surface area contributed by atoms with Crippen molar-refractivity contribution in [1.82, 2.24) is 5.32 Å². The summed E-state index contributed by atoms with van der Waals surface area (Å²) in [6.07, 6.45) is 5.92. The van der Waals surface area contributed by atoms with Crippen LogP contribution < -0.4 is 5.32 Å². The van der Waals surface area contributed by atoms with Crippen LogP contribution in [0.25, 0.3) is 0 Å². The minimum Gasteiger partial charge on any atom is -0.395 e. The molecule has 2 rings (SSSR count). The van der Waals surface area contributed by atoms with E-state index < -0.39 is 0 Å². The van der Waals surface area contributed by atoms with Gasteiger partial charge in [0.15, 0.2) is 0 Å². The lowest BCUT2D eigenvalue weighted by Crippen LogP contribution is -2.49. The molecule has 2 unspecified atom stereocenters. The Morgan fingerprint density at radius 1 is 1.26 bits per heavy atom. The third-order valence-corrected chi connectivity index (χ3v) is 4.00. The van der Waals surface area contributed by atoms with Gasteiger partial charge in [0.05, 0.1) is 12.7 Å². The third-order valence-electron chi connectivity index (χ3n) is 4.00. The lowest BCUT2D eigenvalue weighted by atomic mass is 9.91. The van der Waals surface area contributed by atoms with Crippen molar-refractivity contribution in [2.75, 3.05) is 13.7 Å². The van der Waals surface area contributed by atoms with Gasteiger partial charge in [-0.15, -0.1) is 0 Å². The van der Waals surface area contributed by atoms with Crippen LogP contribution >= 0.6 is 0 Å². The largest absolute Gasteiger partial charge is 0.395 e. The molecule has 3 heteroatoms. The van der Waals surface area contributed by atoms with Crippen molar-refractivity contribution < 1.29 is 9.84 Å². The van der Waals surface area contributed by atoms with Gasteiger partial charge in [0.1, 0.15) is 0 Å². The van der Waals surface area contributed by atoms with Crippen molar-refractivity contribution in [3.05, 3.63) is 35.9 Å². The fourth-order valence-corrected chi connectivity index (χ4v) is 2.95. The van der Waals surface area contributed by atoms with Gasteiger partial charge in [-0.1, -0.05) is 43.2 Å². The molecule has 1 aliphatic carbocycles. The standard InChI is InChI=1S/C16H25NO2/c1-19-16-10-6-5-9-15(16)17-14(12-18)11-13-7-3-2-4-8-13/h2-4,7-8,14-18H,5-6,9-12H2,1H3/t14-,15?,16?/m0/s1. The van der Waals surface area contributed by atoms with Crippen LogP contribution in [0.1, 0.15) is 31.2 Å². The molecule has 0 saturated heterocycles. The zero-order chi connectivity index (χ0) is 13.5. The van der Waals surface area contributed by atoms with E-state index in [1.165, 1.54) is 18.4 Å². The van der Waals surface area contributed by atoms with Crippen LogP contribution in [-0.2, 0) is 11.2 Å². The summed E-state index contributed by atoms with van der Waals surface area (Å²) in [4.78, 5) is 0. The Bertz CT molecular complexity index is 355. The van der Waals surface area contributed by atoms with E-state index in [0.717, 1.165) is 19.3 Å². The summed E-state index contributed by atoms with van der Waals surface area (Å²) in [5, 5.41) is 13.2. The maximum absolute atomic E-state index is 9.57. The minimum atomic E-state index is 0.114. The summed E-state index contributed by atoms with van der Waals surface area (Å²) >= 11 is 0. The molecule has 2 N–H and O–H groups in total. The van der Waals surface area contributed by atoms with E-state index in [-0.39, 0.29) is 12.6 Å². The van der Waals surface area contributed by atoms with Crippen LogP contribution in [0.15, 0.2) is 30.3 Å².